The fourth-order valence-corrected chi connectivity index (χ4v) is 3.69. The third-order valence-electron chi connectivity index (χ3n) is 3.90. The third-order valence-corrected chi connectivity index (χ3v) is 5.05. The van der Waals surface area contributed by atoms with Crippen LogP contribution in [0.25, 0.3) is 22.2 Å². The summed E-state index contributed by atoms with van der Waals surface area (Å²) in [6.45, 7) is 0. The van der Waals surface area contributed by atoms with Gasteiger partial charge in [0.1, 0.15) is 21.6 Å². The number of carboxylic acids is 1. The molecule has 2 heterocycles. The zero-order chi connectivity index (χ0) is 19.0. The number of halogens is 1. The quantitative estimate of drug-likeness (QED) is 0.521. The van der Waals surface area contributed by atoms with Crippen LogP contribution >= 0.6 is 22.9 Å². The summed E-state index contributed by atoms with van der Waals surface area (Å²) >= 11 is 7.03. The predicted octanol–water partition coefficient (Wildman–Crippen LogP) is 4.56. The Balaban J connectivity index is 1.68. The van der Waals surface area contributed by atoms with Crippen LogP contribution in [0.1, 0.15) is 20.7 Å². The van der Waals surface area contributed by atoms with Crippen molar-refractivity contribution in [2.24, 2.45) is 0 Å². The maximum atomic E-state index is 12.6. The second-order valence-electron chi connectivity index (χ2n) is 5.59. The van der Waals surface area contributed by atoms with Gasteiger partial charge in [0.05, 0.1) is 0 Å². The highest BCUT2D eigenvalue weighted by atomic mass is 35.5. The van der Waals surface area contributed by atoms with Crippen molar-refractivity contribution in [3.63, 3.8) is 0 Å². The van der Waals surface area contributed by atoms with Gasteiger partial charge in [-0.25, -0.2) is 9.42 Å². The average molecular weight is 400 g/mol. The molecule has 0 aliphatic rings. The van der Waals surface area contributed by atoms with Gasteiger partial charge in [-0.05, 0) is 46.2 Å². The molecule has 0 unspecified atom stereocenters. The van der Waals surface area contributed by atoms with E-state index in [1.807, 2.05) is 0 Å². The number of nitrogens with zero attached hydrogens (tertiary/aromatic N) is 2. The zero-order valence-corrected chi connectivity index (χ0v) is 15.0. The lowest BCUT2D eigenvalue weighted by Crippen LogP contribution is -2.13. The second kappa shape index (κ2) is 6.82. The molecule has 27 heavy (non-hydrogen) atoms. The molecule has 9 heteroatoms. The van der Waals surface area contributed by atoms with Crippen molar-refractivity contribution in [1.29, 1.82) is 0 Å². The molecule has 0 saturated heterocycles. The van der Waals surface area contributed by atoms with Gasteiger partial charge in [-0.2, -0.15) is 0 Å². The molecule has 0 bridgehead atoms. The Morgan fingerprint density at radius 2 is 1.81 bits per heavy atom. The largest absolute Gasteiger partial charge is 0.478 e. The minimum atomic E-state index is -1.13. The van der Waals surface area contributed by atoms with Crippen molar-refractivity contribution in [3.05, 3.63) is 64.0 Å². The number of carboxylic acid groups (broad SMARTS) is 1. The molecule has 0 saturated carbocycles. The van der Waals surface area contributed by atoms with Gasteiger partial charge in [-0.3, -0.25) is 4.79 Å². The van der Waals surface area contributed by atoms with Crippen molar-refractivity contribution in [2.45, 2.75) is 0 Å². The van der Waals surface area contributed by atoms with Crippen molar-refractivity contribution in [1.82, 2.24) is 10.3 Å². The first kappa shape index (κ1) is 17.2. The highest BCUT2D eigenvalue weighted by Crippen LogP contribution is 2.36. The average Bonchev–Trinajstić information content (AvgIpc) is 3.28. The summed E-state index contributed by atoms with van der Waals surface area (Å²) in [5.74, 6) is -1.58. The van der Waals surface area contributed by atoms with E-state index in [1.54, 1.807) is 41.8 Å². The molecule has 0 atom stereocenters. The molecular formula is C18H10ClN3O4S. The van der Waals surface area contributed by atoms with Crippen molar-refractivity contribution >= 4 is 50.8 Å². The fourth-order valence-electron chi connectivity index (χ4n) is 2.60. The van der Waals surface area contributed by atoms with Gasteiger partial charge in [-0.1, -0.05) is 23.7 Å². The maximum absolute atomic E-state index is 12.6. The van der Waals surface area contributed by atoms with Crippen LogP contribution in [-0.4, -0.2) is 27.3 Å². The molecule has 134 valence electrons. The smallest absolute Gasteiger partial charge is 0.339 e. The van der Waals surface area contributed by atoms with E-state index >= 15 is 0 Å². The normalized spacial score (nSPS) is 10.9. The number of rotatable bonds is 4. The summed E-state index contributed by atoms with van der Waals surface area (Å²) in [6.07, 6.45) is 0. The number of aromatic carboxylic acids is 1. The number of nitrogens with one attached hydrogen (secondary N) is 1. The summed E-state index contributed by atoms with van der Waals surface area (Å²) in [6, 6.07) is 11.5. The van der Waals surface area contributed by atoms with E-state index in [9.17, 15) is 14.7 Å². The monoisotopic (exact) mass is 399 g/mol. The van der Waals surface area contributed by atoms with Gasteiger partial charge in [0.25, 0.3) is 5.91 Å². The number of hydrogen-bond donors (Lipinski definition) is 2. The Labute approximate surface area is 161 Å². The van der Waals surface area contributed by atoms with Crippen LogP contribution in [0.2, 0.25) is 5.02 Å². The number of aromatic nitrogens is 2. The third kappa shape index (κ3) is 3.27. The topological polar surface area (TPSA) is 105 Å². The SMILES string of the molecule is O=C(Nc1scc(-c2ccc(Cl)cc2)c1C(=O)O)c1ccc2nonc2c1. The minimum absolute atomic E-state index is 0.0276. The van der Waals surface area contributed by atoms with Crippen LogP contribution in [0.15, 0.2) is 52.5 Å². The molecule has 4 aromatic rings. The Morgan fingerprint density at radius 3 is 2.56 bits per heavy atom. The van der Waals surface area contributed by atoms with E-state index in [0.29, 0.717) is 32.7 Å². The molecule has 0 radical (unpaired) electrons. The number of carbonyl (C=O) groups excluding carboxylic acids is 1. The van der Waals surface area contributed by atoms with Crippen LogP contribution in [0.4, 0.5) is 5.00 Å². The number of anilines is 1. The summed E-state index contributed by atoms with van der Waals surface area (Å²) in [7, 11) is 0. The Hall–Kier alpha value is -3.23. The number of thiophene rings is 1. The number of amides is 1. The number of hydrogen-bond acceptors (Lipinski definition) is 6. The van der Waals surface area contributed by atoms with E-state index in [-0.39, 0.29) is 10.6 Å². The lowest BCUT2D eigenvalue weighted by atomic mass is 10.0. The van der Waals surface area contributed by atoms with Gasteiger partial charge in [0, 0.05) is 21.5 Å². The van der Waals surface area contributed by atoms with E-state index in [4.69, 9.17) is 11.6 Å². The minimum Gasteiger partial charge on any atom is -0.478 e. The van der Waals surface area contributed by atoms with Gasteiger partial charge in [0.2, 0.25) is 0 Å². The molecular weight excluding hydrogens is 390 g/mol. The first-order valence-electron chi connectivity index (χ1n) is 7.67. The van der Waals surface area contributed by atoms with E-state index < -0.39 is 11.9 Å². The maximum Gasteiger partial charge on any atom is 0.339 e. The van der Waals surface area contributed by atoms with E-state index in [2.05, 4.69) is 20.3 Å². The molecule has 0 fully saturated rings. The van der Waals surface area contributed by atoms with E-state index in [0.717, 1.165) is 11.3 Å². The van der Waals surface area contributed by atoms with Crippen LogP contribution in [0.3, 0.4) is 0 Å². The molecule has 2 N–H and O–H groups in total. The molecule has 2 aromatic carbocycles. The molecule has 2 aromatic heterocycles. The first-order valence-corrected chi connectivity index (χ1v) is 8.93. The Morgan fingerprint density at radius 1 is 1.07 bits per heavy atom. The summed E-state index contributed by atoms with van der Waals surface area (Å²) in [5.41, 5.74) is 2.52. The summed E-state index contributed by atoms with van der Waals surface area (Å²) in [4.78, 5) is 24.4. The zero-order valence-electron chi connectivity index (χ0n) is 13.5. The fraction of sp³-hybridized carbons (Fsp3) is 0. The van der Waals surface area contributed by atoms with Crippen LogP contribution in [0.5, 0.6) is 0 Å². The lowest BCUT2D eigenvalue weighted by Gasteiger charge is -2.06. The van der Waals surface area contributed by atoms with Crippen LogP contribution < -0.4 is 5.32 Å². The van der Waals surface area contributed by atoms with Gasteiger partial charge in [-0.15, -0.1) is 11.3 Å². The molecule has 7 nitrogen and oxygen atoms in total. The van der Waals surface area contributed by atoms with Crippen LogP contribution in [0, 0.1) is 0 Å². The predicted molar refractivity (Wildman–Crippen MR) is 101 cm³/mol. The second-order valence-corrected chi connectivity index (χ2v) is 6.90. The summed E-state index contributed by atoms with van der Waals surface area (Å²) < 4.78 is 4.61. The molecule has 1 amide bonds. The van der Waals surface area contributed by atoms with Gasteiger partial charge >= 0.3 is 5.97 Å². The van der Waals surface area contributed by atoms with Crippen molar-refractivity contribution < 1.29 is 19.3 Å². The number of benzene rings is 2. The van der Waals surface area contributed by atoms with Gasteiger partial charge in [0.15, 0.2) is 0 Å². The standard InChI is InChI=1S/C18H10ClN3O4S/c19-11-4-1-9(2-5-11)12-8-27-17(15(12)18(24)25)20-16(23)10-3-6-13-14(7-10)22-26-21-13/h1-8H,(H,20,23)(H,24,25). The molecule has 0 aliphatic heterocycles. The highest BCUT2D eigenvalue weighted by Gasteiger charge is 2.21. The Bertz CT molecular complexity index is 1170. The first-order chi connectivity index (χ1) is 13.0. The molecule has 4 rings (SSSR count). The highest BCUT2D eigenvalue weighted by molar-refractivity contribution is 7.15. The molecule has 0 aliphatic carbocycles. The van der Waals surface area contributed by atoms with E-state index in [1.165, 1.54) is 6.07 Å². The lowest BCUT2D eigenvalue weighted by molar-refractivity contribution is 0.0699. The van der Waals surface area contributed by atoms with Gasteiger partial charge < -0.3 is 10.4 Å². The van der Waals surface area contributed by atoms with Crippen molar-refractivity contribution in [2.75, 3.05) is 5.32 Å². The molecule has 0 spiro atoms. The Kier molecular flexibility index (Phi) is 4.35. The summed E-state index contributed by atoms with van der Waals surface area (Å²) in [5, 5.41) is 22.2. The number of fused-ring (bicyclic) bond motifs is 1. The number of carbonyl (C=O) groups is 2. The van der Waals surface area contributed by atoms with Crippen molar-refractivity contribution in [3.8, 4) is 11.1 Å². The van der Waals surface area contributed by atoms with Crippen LogP contribution in [-0.2, 0) is 0 Å².